The Balaban J connectivity index is 2.07. The van der Waals surface area contributed by atoms with Crippen LogP contribution in [0.2, 0.25) is 10.0 Å². The molecule has 0 atom stereocenters. The Morgan fingerprint density at radius 1 is 1.19 bits per heavy atom. The van der Waals surface area contributed by atoms with Gasteiger partial charge in [-0.3, -0.25) is 0 Å². The molecule has 0 fully saturated rings. The van der Waals surface area contributed by atoms with Gasteiger partial charge in [-0.1, -0.05) is 29.3 Å². The molecule has 110 valence electrons. The van der Waals surface area contributed by atoms with Gasteiger partial charge in [-0.25, -0.2) is 0 Å². The zero-order valence-electron chi connectivity index (χ0n) is 11.1. The fourth-order valence-corrected chi connectivity index (χ4v) is 3.09. The molecule has 1 aliphatic rings. The van der Waals surface area contributed by atoms with Crippen molar-refractivity contribution in [3.8, 4) is 5.69 Å². The molecule has 1 aliphatic heterocycles. The lowest BCUT2D eigenvalue weighted by atomic mass is 10.00. The molecule has 2 heterocycles. The number of halogens is 2. The van der Waals surface area contributed by atoms with E-state index < -0.39 is 0 Å². The highest BCUT2D eigenvalue weighted by Gasteiger charge is 2.16. The molecule has 0 unspecified atom stereocenters. The first kappa shape index (κ1) is 14.2. The molecule has 0 saturated carbocycles. The number of nitrogen functional groups attached to an aromatic ring is 2. The van der Waals surface area contributed by atoms with Crippen molar-refractivity contribution in [3.05, 3.63) is 33.8 Å². The quantitative estimate of drug-likeness (QED) is 0.786. The fourth-order valence-electron chi connectivity index (χ4n) is 2.37. The molecule has 0 amide bonds. The first-order valence-electron chi connectivity index (χ1n) is 6.44. The van der Waals surface area contributed by atoms with Crippen molar-refractivity contribution in [1.82, 2.24) is 20.1 Å². The van der Waals surface area contributed by atoms with Crippen LogP contribution in [0.4, 0.5) is 11.9 Å². The lowest BCUT2D eigenvalue weighted by Crippen LogP contribution is -2.20. The van der Waals surface area contributed by atoms with Crippen LogP contribution in [-0.2, 0) is 0 Å². The molecule has 0 aliphatic carbocycles. The van der Waals surface area contributed by atoms with E-state index in [4.69, 9.17) is 34.7 Å². The van der Waals surface area contributed by atoms with E-state index in [1.165, 1.54) is 4.68 Å². The van der Waals surface area contributed by atoms with Gasteiger partial charge in [0.1, 0.15) is 0 Å². The van der Waals surface area contributed by atoms with Gasteiger partial charge >= 0.3 is 0 Å². The average molecular weight is 325 g/mol. The number of rotatable bonds is 2. The van der Waals surface area contributed by atoms with E-state index in [9.17, 15) is 0 Å². The highest BCUT2D eigenvalue weighted by molar-refractivity contribution is 6.38. The molecule has 8 heteroatoms. The number of anilines is 2. The minimum Gasteiger partial charge on any atom is -0.368 e. The Bertz CT molecular complexity index is 698. The van der Waals surface area contributed by atoms with Crippen LogP contribution in [0.25, 0.3) is 11.3 Å². The molecular formula is C13H14Cl2N6. The lowest BCUT2D eigenvalue weighted by molar-refractivity contribution is 0.738. The van der Waals surface area contributed by atoms with Crippen LogP contribution in [0.5, 0.6) is 0 Å². The third-order valence-corrected chi connectivity index (χ3v) is 3.90. The summed E-state index contributed by atoms with van der Waals surface area (Å²) in [5.74, 6) is 0.290. The molecular weight excluding hydrogens is 311 g/mol. The molecule has 0 radical (unpaired) electrons. The van der Waals surface area contributed by atoms with Crippen LogP contribution in [0.3, 0.4) is 0 Å². The van der Waals surface area contributed by atoms with Crippen LogP contribution in [0.1, 0.15) is 12.0 Å². The number of nitrogens with two attached hydrogens (primary N) is 2. The van der Waals surface area contributed by atoms with Crippen LogP contribution in [0, 0.1) is 0 Å². The highest BCUT2D eigenvalue weighted by Crippen LogP contribution is 2.35. The van der Waals surface area contributed by atoms with Crippen molar-refractivity contribution in [1.29, 1.82) is 0 Å². The van der Waals surface area contributed by atoms with Crippen LogP contribution in [-0.4, -0.2) is 27.9 Å². The second-order valence-corrected chi connectivity index (χ2v) is 5.52. The molecule has 1 aromatic heterocycles. The van der Waals surface area contributed by atoms with E-state index in [0.717, 1.165) is 30.6 Å². The van der Waals surface area contributed by atoms with Crippen molar-refractivity contribution < 1.29 is 0 Å². The van der Waals surface area contributed by atoms with E-state index >= 15 is 0 Å². The average Bonchev–Trinajstić information content (AvgIpc) is 2.78. The fraction of sp³-hybridized carbons (Fsp3) is 0.231. The molecule has 0 spiro atoms. The molecule has 0 bridgehead atoms. The molecule has 6 nitrogen and oxygen atoms in total. The van der Waals surface area contributed by atoms with Crippen molar-refractivity contribution in [3.63, 3.8) is 0 Å². The van der Waals surface area contributed by atoms with Crippen LogP contribution in [0.15, 0.2) is 18.2 Å². The van der Waals surface area contributed by atoms with E-state index in [2.05, 4.69) is 21.5 Å². The first-order chi connectivity index (χ1) is 10.1. The predicted octanol–water partition coefficient (Wildman–Crippen LogP) is 2.12. The minimum absolute atomic E-state index is 0.102. The Morgan fingerprint density at radius 3 is 2.43 bits per heavy atom. The summed E-state index contributed by atoms with van der Waals surface area (Å²) in [4.78, 5) is 3.86. The molecule has 2 aromatic rings. The summed E-state index contributed by atoms with van der Waals surface area (Å²) >= 11 is 12.8. The monoisotopic (exact) mass is 324 g/mol. The number of benzene rings is 1. The Morgan fingerprint density at radius 2 is 1.90 bits per heavy atom. The van der Waals surface area contributed by atoms with Gasteiger partial charge in [-0.2, -0.15) is 9.67 Å². The summed E-state index contributed by atoms with van der Waals surface area (Å²) in [6.07, 6.45) is 2.98. The standard InChI is InChI=1S/C13H14Cl2N6/c14-9-5-8(21-13(17)19-12(16)20-21)6-10(15)11(9)7-1-3-18-4-2-7/h1,5-6,18H,2-4H2,(H4,16,17,19,20). The van der Waals surface area contributed by atoms with Gasteiger partial charge in [0.2, 0.25) is 11.9 Å². The van der Waals surface area contributed by atoms with E-state index in [0.29, 0.717) is 15.7 Å². The zero-order valence-corrected chi connectivity index (χ0v) is 12.6. The number of nitrogens with zero attached hydrogens (tertiary/aromatic N) is 3. The summed E-state index contributed by atoms with van der Waals surface area (Å²) in [6, 6.07) is 3.52. The molecule has 1 aromatic carbocycles. The van der Waals surface area contributed by atoms with E-state index in [-0.39, 0.29) is 11.9 Å². The molecule has 3 rings (SSSR count). The zero-order chi connectivity index (χ0) is 15.0. The van der Waals surface area contributed by atoms with Gasteiger partial charge in [0, 0.05) is 12.1 Å². The smallest absolute Gasteiger partial charge is 0.241 e. The second-order valence-electron chi connectivity index (χ2n) is 4.71. The van der Waals surface area contributed by atoms with Crippen molar-refractivity contribution in [2.24, 2.45) is 0 Å². The Hall–Kier alpha value is -1.76. The van der Waals surface area contributed by atoms with E-state index in [1.807, 2.05) is 0 Å². The van der Waals surface area contributed by atoms with Crippen molar-refractivity contribution in [2.45, 2.75) is 6.42 Å². The van der Waals surface area contributed by atoms with Crippen molar-refractivity contribution >= 4 is 40.7 Å². The Kier molecular flexibility index (Phi) is 3.75. The summed E-state index contributed by atoms with van der Waals surface area (Å²) in [5, 5.41) is 8.39. The van der Waals surface area contributed by atoms with E-state index in [1.54, 1.807) is 12.1 Å². The third-order valence-electron chi connectivity index (χ3n) is 3.31. The third kappa shape index (κ3) is 2.70. The van der Waals surface area contributed by atoms with Gasteiger partial charge in [0.25, 0.3) is 0 Å². The van der Waals surface area contributed by atoms with Crippen LogP contribution < -0.4 is 16.8 Å². The summed E-state index contributed by atoms with van der Waals surface area (Å²) in [6.45, 7) is 1.73. The van der Waals surface area contributed by atoms with Gasteiger partial charge in [-0.15, -0.1) is 5.10 Å². The molecule has 5 N–H and O–H groups in total. The number of hydrogen-bond donors (Lipinski definition) is 3. The largest absolute Gasteiger partial charge is 0.368 e. The SMILES string of the molecule is Nc1nc(N)n(-c2cc(Cl)c(C3=CCNCC3)c(Cl)c2)n1. The number of aromatic nitrogens is 3. The minimum atomic E-state index is 0.102. The maximum absolute atomic E-state index is 6.40. The van der Waals surface area contributed by atoms with Crippen LogP contribution >= 0.6 is 23.2 Å². The lowest BCUT2D eigenvalue weighted by Gasteiger charge is -2.17. The molecule has 0 saturated heterocycles. The second kappa shape index (κ2) is 5.55. The van der Waals surface area contributed by atoms with Gasteiger partial charge < -0.3 is 16.8 Å². The maximum Gasteiger partial charge on any atom is 0.241 e. The van der Waals surface area contributed by atoms with Gasteiger partial charge in [0.15, 0.2) is 0 Å². The summed E-state index contributed by atoms with van der Waals surface area (Å²) < 4.78 is 1.41. The summed E-state index contributed by atoms with van der Waals surface area (Å²) in [5.41, 5.74) is 13.9. The number of nitrogens with one attached hydrogen (secondary N) is 1. The normalized spacial score (nSPS) is 15.0. The Labute approximate surface area is 131 Å². The highest BCUT2D eigenvalue weighted by atomic mass is 35.5. The topological polar surface area (TPSA) is 94.8 Å². The van der Waals surface area contributed by atoms with Gasteiger partial charge in [-0.05, 0) is 30.7 Å². The first-order valence-corrected chi connectivity index (χ1v) is 7.19. The van der Waals surface area contributed by atoms with Gasteiger partial charge in [0.05, 0.1) is 15.7 Å². The maximum atomic E-state index is 6.40. The molecule has 21 heavy (non-hydrogen) atoms. The predicted molar refractivity (Wildman–Crippen MR) is 85.7 cm³/mol. The van der Waals surface area contributed by atoms with Crippen molar-refractivity contribution in [2.75, 3.05) is 24.6 Å². The number of hydrogen-bond acceptors (Lipinski definition) is 5. The summed E-state index contributed by atoms with van der Waals surface area (Å²) in [7, 11) is 0.